The first kappa shape index (κ1) is 35.1. The minimum Gasteiger partial charge on any atom is -0.481 e. The smallest absolute Gasteiger partial charge is 0.303 e. The Balaban J connectivity index is 0.00000391. The summed E-state index contributed by atoms with van der Waals surface area (Å²) < 4.78 is 6.17. The molecule has 0 bridgehead atoms. The van der Waals surface area contributed by atoms with Crippen LogP contribution in [0.3, 0.4) is 0 Å². The molecule has 2 rings (SSSR count). The molecule has 0 saturated heterocycles. The molecule has 0 aromatic heterocycles. The van der Waals surface area contributed by atoms with E-state index in [1.807, 2.05) is 103 Å². The highest BCUT2D eigenvalue weighted by Gasteiger charge is 2.14. The molecule has 0 aliphatic rings. The molecular weight excluding hydrogens is 542 g/mol. The van der Waals surface area contributed by atoms with E-state index in [1.165, 1.54) is 11.8 Å². The molecule has 0 fully saturated rings. The van der Waals surface area contributed by atoms with Crippen molar-refractivity contribution in [1.82, 2.24) is 5.32 Å². The maximum Gasteiger partial charge on any atom is 0.303 e. The van der Waals surface area contributed by atoms with Crippen LogP contribution in [0.25, 0.3) is 0 Å². The lowest BCUT2D eigenvalue weighted by molar-refractivity contribution is -0.137. The summed E-state index contributed by atoms with van der Waals surface area (Å²) in [4.78, 5) is 24.8. The number of amides is 1. The van der Waals surface area contributed by atoms with Gasteiger partial charge in [-0.2, -0.15) is 0 Å². The zero-order valence-corrected chi connectivity index (χ0v) is 26.5. The highest BCUT2D eigenvalue weighted by molar-refractivity contribution is 8.04. The molecule has 0 aliphatic heterocycles. The van der Waals surface area contributed by atoms with E-state index in [2.05, 4.69) is 5.32 Å². The van der Waals surface area contributed by atoms with Crippen LogP contribution in [-0.2, 0) is 29.0 Å². The number of nitrogens with one attached hydrogen (secondary N) is 1. The van der Waals surface area contributed by atoms with Crippen molar-refractivity contribution in [3.63, 3.8) is 0 Å². The third kappa shape index (κ3) is 12.9. The Labute approximate surface area is 249 Å². The van der Waals surface area contributed by atoms with Crippen LogP contribution in [0.5, 0.6) is 11.5 Å². The Morgan fingerprint density at radius 2 is 1.80 bits per heavy atom. The van der Waals surface area contributed by atoms with Crippen molar-refractivity contribution in [3.8, 4) is 11.5 Å². The summed E-state index contributed by atoms with van der Waals surface area (Å²) in [5.74, 6) is 1.20. The standard InChI is InChI=1S/C31H38ClNO4S.C2H6/c1-6-8-15-38-30(22(4)9-10-23(5)32)31(36)33-20-24-16-21(3)17-28(18-24)37-27-13-11-26(12-14-29(34)35)25(7-2)19-27;1-2/h6,8,10-11,13,16-19H,7,9,12,14-15,20H2,1-5H3,(H,33,36)(H,34,35);1-2H3/b8-6-,23-10+,30-22-;. The van der Waals surface area contributed by atoms with Gasteiger partial charge in [-0.3, -0.25) is 9.59 Å². The number of carboxylic acids is 1. The predicted octanol–water partition coefficient (Wildman–Crippen LogP) is 9.13. The average molecular weight is 586 g/mol. The Kier molecular flexibility index (Phi) is 16.8. The fraction of sp³-hybridized carbons (Fsp3) is 0.394. The van der Waals surface area contributed by atoms with Crippen molar-refractivity contribution in [2.75, 3.05) is 5.75 Å². The number of thioether (sulfide) groups is 1. The van der Waals surface area contributed by atoms with Gasteiger partial charge >= 0.3 is 5.97 Å². The van der Waals surface area contributed by atoms with Crippen LogP contribution < -0.4 is 10.1 Å². The number of rotatable bonds is 14. The summed E-state index contributed by atoms with van der Waals surface area (Å²) in [5.41, 5.74) is 5.04. The molecule has 0 spiro atoms. The van der Waals surface area contributed by atoms with Gasteiger partial charge in [-0.15, -0.1) is 11.8 Å². The summed E-state index contributed by atoms with van der Waals surface area (Å²) in [6.45, 7) is 14.2. The predicted molar refractivity (Wildman–Crippen MR) is 170 cm³/mol. The molecular formula is C33H44ClNO4S. The first-order valence-corrected chi connectivity index (χ1v) is 15.1. The highest BCUT2D eigenvalue weighted by atomic mass is 35.5. The summed E-state index contributed by atoms with van der Waals surface area (Å²) >= 11 is 7.52. The van der Waals surface area contributed by atoms with E-state index in [4.69, 9.17) is 21.4 Å². The van der Waals surface area contributed by atoms with Crippen molar-refractivity contribution in [2.24, 2.45) is 0 Å². The second kappa shape index (κ2) is 19.2. The number of carbonyl (C=O) groups excluding carboxylic acids is 1. The molecule has 5 nitrogen and oxygen atoms in total. The number of hydrogen-bond acceptors (Lipinski definition) is 4. The molecule has 2 N–H and O–H groups in total. The third-order valence-corrected chi connectivity index (χ3v) is 7.15. The van der Waals surface area contributed by atoms with Gasteiger partial charge in [0.25, 0.3) is 5.91 Å². The summed E-state index contributed by atoms with van der Waals surface area (Å²) in [6, 6.07) is 11.7. The minimum atomic E-state index is -0.803. The quantitative estimate of drug-likeness (QED) is 0.171. The fourth-order valence-electron chi connectivity index (χ4n) is 3.86. The molecule has 0 heterocycles. The normalized spacial score (nSPS) is 11.9. The van der Waals surface area contributed by atoms with Crippen LogP contribution in [0.1, 0.15) is 76.6 Å². The number of carbonyl (C=O) groups is 2. The molecule has 7 heteroatoms. The van der Waals surface area contributed by atoms with E-state index in [1.54, 1.807) is 0 Å². The van der Waals surface area contributed by atoms with Crippen molar-refractivity contribution < 1.29 is 19.4 Å². The topological polar surface area (TPSA) is 75.6 Å². The van der Waals surface area contributed by atoms with E-state index in [-0.39, 0.29) is 12.3 Å². The van der Waals surface area contributed by atoms with Gasteiger partial charge in [-0.05, 0) is 93.5 Å². The Bertz CT molecular complexity index is 1210. The number of ether oxygens (including phenoxy) is 1. The van der Waals surface area contributed by atoms with Gasteiger partial charge in [0.1, 0.15) is 11.5 Å². The zero-order valence-electron chi connectivity index (χ0n) is 24.9. The van der Waals surface area contributed by atoms with Gasteiger partial charge in [-0.25, -0.2) is 0 Å². The van der Waals surface area contributed by atoms with Gasteiger partial charge in [0, 0.05) is 23.8 Å². The van der Waals surface area contributed by atoms with E-state index < -0.39 is 5.97 Å². The van der Waals surface area contributed by atoms with Crippen LogP contribution in [0, 0.1) is 6.92 Å². The molecule has 0 unspecified atom stereocenters. The van der Waals surface area contributed by atoms with Crippen molar-refractivity contribution in [2.45, 2.75) is 80.7 Å². The molecule has 0 aliphatic carbocycles. The summed E-state index contributed by atoms with van der Waals surface area (Å²) in [5, 5.41) is 12.8. The van der Waals surface area contributed by atoms with E-state index in [0.29, 0.717) is 40.8 Å². The largest absolute Gasteiger partial charge is 0.481 e. The van der Waals surface area contributed by atoms with Gasteiger partial charge < -0.3 is 15.2 Å². The van der Waals surface area contributed by atoms with E-state index in [0.717, 1.165) is 40.0 Å². The lowest BCUT2D eigenvalue weighted by Gasteiger charge is -2.14. The lowest BCUT2D eigenvalue weighted by atomic mass is 10.0. The fourth-order valence-corrected chi connectivity index (χ4v) is 4.93. The number of allylic oxidation sites excluding steroid dienone is 4. The third-order valence-electron chi connectivity index (χ3n) is 5.81. The Morgan fingerprint density at radius 1 is 1.07 bits per heavy atom. The molecule has 40 heavy (non-hydrogen) atoms. The number of benzene rings is 2. The first-order chi connectivity index (χ1) is 19.1. The Hall–Kier alpha value is -2.96. The van der Waals surface area contributed by atoms with Gasteiger partial charge in [0.15, 0.2) is 0 Å². The number of carboxylic acid groups (broad SMARTS) is 1. The monoisotopic (exact) mass is 585 g/mol. The maximum absolute atomic E-state index is 13.1. The van der Waals surface area contributed by atoms with Gasteiger partial charge in [-0.1, -0.05) is 68.3 Å². The van der Waals surface area contributed by atoms with Crippen LogP contribution in [-0.4, -0.2) is 22.7 Å². The van der Waals surface area contributed by atoms with Gasteiger partial charge in [0.05, 0.1) is 4.91 Å². The number of aliphatic carboxylic acids is 1. The van der Waals surface area contributed by atoms with Crippen molar-refractivity contribution in [3.05, 3.63) is 92.4 Å². The highest BCUT2D eigenvalue weighted by Crippen LogP contribution is 2.28. The van der Waals surface area contributed by atoms with Crippen LogP contribution in [0.15, 0.2) is 70.1 Å². The average Bonchev–Trinajstić information content (AvgIpc) is 2.92. The molecule has 0 radical (unpaired) electrons. The minimum absolute atomic E-state index is 0.105. The van der Waals surface area contributed by atoms with Crippen molar-refractivity contribution >= 4 is 35.2 Å². The number of aryl methyl sites for hydroxylation is 3. The van der Waals surface area contributed by atoms with E-state index >= 15 is 0 Å². The van der Waals surface area contributed by atoms with E-state index in [9.17, 15) is 9.59 Å². The van der Waals surface area contributed by atoms with Crippen molar-refractivity contribution in [1.29, 1.82) is 0 Å². The molecule has 218 valence electrons. The molecule has 1 amide bonds. The van der Waals surface area contributed by atoms with Crippen LogP contribution >= 0.6 is 23.4 Å². The first-order valence-electron chi connectivity index (χ1n) is 13.8. The number of halogens is 1. The maximum atomic E-state index is 13.1. The molecule has 2 aromatic carbocycles. The summed E-state index contributed by atoms with van der Waals surface area (Å²) in [7, 11) is 0. The summed E-state index contributed by atoms with van der Waals surface area (Å²) in [6.07, 6.45) is 7.93. The van der Waals surface area contributed by atoms with Crippen LogP contribution in [0.4, 0.5) is 0 Å². The molecule has 0 atom stereocenters. The molecule has 2 aromatic rings. The van der Waals surface area contributed by atoms with Gasteiger partial charge in [0.2, 0.25) is 0 Å². The number of hydrogen-bond donors (Lipinski definition) is 2. The Morgan fingerprint density at radius 3 is 2.42 bits per heavy atom. The lowest BCUT2D eigenvalue weighted by Crippen LogP contribution is -2.24. The van der Waals surface area contributed by atoms with Crippen LogP contribution in [0.2, 0.25) is 0 Å². The second-order valence-electron chi connectivity index (χ2n) is 9.10. The SMILES string of the molecule is C/C=C\CS/C(C(=O)NCc1cc(C)cc(Oc2ccc(CCC(=O)O)c(CC)c2)c1)=C(/C)C/C=C(\C)Cl.CC. The molecule has 0 saturated carbocycles. The zero-order chi connectivity index (χ0) is 30.1. The second-order valence-corrected chi connectivity index (χ2v) is 10.7.